The van der Waals surface area contributed by atoms with Crippen LogP contribution in [0.4, 0.5) is 5.69 Å². The second-order valence-electron chi connectivity index (χ2n) is 4.46. The van der Waals surface area contributed by atoms with Crippen LogP contribution in [-0.4, -0.2) is 24.0 Å². The number of halogens is 2. The van der Waals surface area contributed by atoms with Crippen LogP contribution in [-0.2, 0) is 4.79 Å². The van der Waals surface area contributed by atoms with Gasteiger partial charge < -0.3 is 10.6 Å². The number of aryl methyl sites for hydroxylation is 1. The summed E-state index contributed by atoms with van der Waals surface area (Å²) in [7, 11) is 0. The topological polar surface area (TPSA) is 54.0 Å². The van der Waals surface area contributed by atoms with Crippen molar-refractivity contribution in [3.63, 3.8) is 0 Å². The number of carbonyl (C=O) groups is 1. The number of piperidine rings is 1. The van der Waals surface area contributed by atoms with Gasteiger partial charge in [0.2, 0.25) is 5.91 Å². The molecule has 1 aliphatic heterocycles. The SMILES string of the molecule is Cc1cc(Cl)nc(Cl)c1NC(=O)[C@@H]1CCCNC1. The van der Waals surface area contributed by atoms with E-state index in [-0.39, 0.29) is 17.0 Å². The number of anilines is 1. The molecule has 0 aliphatic carbocycles. The van der Waals surface area contributed by atoms with Crippen LogP contribution in [0, 0.1) is 12.8 Å². The molecule has 1 saturated heterocycles. The maximum absolute atomic E-state index is 12.1. The zero-order chi connectivity index (χ0) is 13.1. The largest absolute Gasteiger partial charge is 0.323 e. The number of hydrogen-bond donors (Lipinski definition) is 2. The van der Waals surface area contributed by atoms with Gasteiger partial charge in [-0.3, -0.25) is 4.79 Å². The Morgan fingerprint density at radius 2 is 2.33 bits per heavy atom. The number of aromatic nitrogens is 1. The van der Waals surface area contributed by atoms with Crippen LogP contribution in [0.25, 0.3) is 0 Å². The average molecular weight is 288 g/mol. The van der Waals surface area contributed by atoms with E-state index in [1.807, 2.05) is 6.92 Å². The van der Waals surface area contributed by atoms with Gasteiger partial charge in [0, 0.05) is 6.54 Å². The molecule has 1 atom stereocenters. The summed E-state index contributed by atoms with van der Waals surface area (Å²) in [5, 5.41) is 6.61. The summed E-state index contributed by atoms with van der Waals surface area (Å²) in [5.74, 6) is -0.0267. The van der Waals surface area contributed by atoms with Gasteiger partial charge in [0.25, 0.3) is 0 Å². The second kappa shape index (κ2) is 5.87. The standard InChI is InChI=1S/C12H15Cl2N3O/c1-7-5-9(13)16-11(14)10(7)17-12(18)8-3-2-4-15-6-8/h5,8,15H,2-4,6H2,1H3,(H,17,18)/t8-/m1/s1. The fraction of sp³-hybridized carbons (Fsp3) is 0.500. The lowest BCUT2D eigenvalue weighted by atomic mass is 9.98. The van der Waals surface area contributed by atoms with E-state index in [1.54, 1.807) is 6.07 Å². The molecule has 2 N–H and O–H groups in total. The highest BCUT2D eigenvalue weighted by Gasteiger charge is 2.22. The lowest BCUT2D eigenvalue weighted by molar-refractivity contribution is -0.120. The number of rotatable bonds is 2. The first-order valence-electron chi connectivity index (χ1n) is 5.92. The summed E-state index contributed by atoms with van der Waals surface area (Å²) < 4.78 is 0. The molecule has 1 aromatic rings. The summed E-state index contributed by atoms with van der Waals surface area (Å²) in [6, 6.07) is 1.68. The van der Waals surface area contributed by atoms with Crippen molar-refractivity contribution in [2.24, 2.45) is 5.92 Å². The van der Waals surface area contributed by atoms with Crippen molar-refractivity contribution in [1.29, 1.82) is 0 Å². The zero-order valence-electron chi connectivity index (χ0n) is 10.1. The fourth-order valence-electron chi connectivity index (χ4n) is 2.05. The molecule has 1 aromatic heterocycles. The first kappa shape index (κ1) is 13.6. The monoisotopic (exact) mass is 287 g/mol. The molecule has 2 heterocycles. The first-order valence-corrected chi connectivity index (χ1v) is 6.67. The van der Waals surface area contributed by atoms with Gasteiger partial charge in [-0.25, -0.2) is 4.98 Å². The Morgan fingerprint density at radius 3 is 2.94 bits per heavy atom. The summed E-state index contributed by atoms with van der Waals surface area (Å²) in [6.07, 6.45) is 1.92. The van der Waals surface area contributed by atoms with Crippen molar-refractivity contribution in [2.45, 2.75) is 19.8 Å². The number of nitrogens with one attached hydrogen (secondary N) is 2. The molecule has 0 radical (unpaired) electrons. The molecule has 98 valence electrons. The minimum Gasteiger partial charge on any atom is -0.323 e. The van der Waals surface area contributed by atoms with Crippen LogP contribution in [0.2, 0.25) is 10.3 Å². The van der Waals surface area contributed by atoms with E-state index in [2.05, 4.69) is 15.6 Å². The highest BCUT2D eigenvalue weighted by molar-refractivity contribution is 6.34. The van der Waals surface area contributed by atoms with Gasteiger partial charge in [0.05, 0.1) is 11.6 Å². The Kier molecular flexibility index (Phi) is 4.43. The third kappa shape index (κ3) is 3.13. The summed E-state index contributed by atoms with van der Waals surface area (Å²) in [5.41, 5.74) is 1.37. The van der Waals surface area contributed by atoms with Crippen LogP contribution < -0.4 is 10.6 Å². The van der Waals surface area contributed by atoms with Crippen molar-refractivity contribution in [1.82, 2.24) is 10.3 Å². The smallest absolute Gasteiger partial charge is 0.228 e. The molecule has 0 bridgehead atoms. The summed E-state index contributed by atoms with van der Waals surface area (Å²) >= 11 is 11.8. The van der Waals surface area contributed by atoms with Crippen molar-refractivity contribution in [2.75, 3.05) is 18.4 Å². The van der Waals surface area contributed by atoms with Crippen molar-refractivity contribution < 1.29 is 4.79 Å². The number of hydrogen-bond acceptors (Lipinski definition) is 3. The molecule has 4 nitrogen and oxygen atoms in total. The molecule has 1 aliphatic rings. The molecular formula is C12H15Cl2N3O. The van der Waals surface area contributed by atoms with Gasteiger partial charge in [-0.1, -0.05) is 23.2 Å². The third-order valence-electron chi connectivity index (χ3n) is 3.06. The van der Waals surface area contributed by atoms with Crippen LogP contribution in [0.15, 0.2) is 6.07 Å². The normalized spacial score (nSPS) is 19.6. The predicted octanol–water partition coefficient (Wildman–Crippen LogP) is 2.63. The maximum Gasteiger partial charge on any atom is 0.228 e. The molecule has 1 amide bonds. The Labute approximate surface area is 116 Å². The Balaban J connectivity index is 2.11. The van der Waals surface area contributed by atoms with Gasteiger partial charge in [-0.15, -0.1) is 0 Å². The van der Waals surface area contributed by atoms with Crippen molar-refractivity contribution in [3.05, 3.63) is 21.9 Å². The predicted molar refractivity (Wildman–Crippen MR) is 73.2 cm³/mol. The number of amides is 1. The highest BCUT2D eigenvalue weighted by atomic mass is 35.5. The van der Waals surface area contributed by atoms with E-state index in [1.165, 1.54) is 0 Å². The Morgan fingerprint density at radius 1 is 1.56 bits per heavy atom. The van der Waals surface area contributed by atoms with Crippen LogP contribution >= 0.6 is 23.2 Å². The quantitative estimate of drug-likeness (QED) is 0.823. The molecule has 6 heteroatoms. The molecule has 0 saturated carbocycles. The molecule has 1 fully saturated rings. The summed E-state index contributed by atoms with van der Waals surface area (Å²) in [6.45, 7) is 3.53. The van der Waals surface area contributed by atoms with Crippen molar-refractivity contribution in [3.8, 4) is 0 Å². The molecule has 0 aromatic carbocycles. The lowest BCUT2D eigenvalue weighted by Gasteiger charge is -2.22. The van der Waals surface area contributed by atoms with E-state index >= 15 is 0 Å². The van der Waals surface area contributed by atoms with E-state index < -0.39 is 0 Å². The molecular weight excluding hydrogens is 273 g/mol. The minimum atomic E-state index is -0.0173. The molecule has 2 rings (SSSR count). The zero-order valence-corrected chi connectivity index (χ0v) is 11.6. The average Bonchev–Trinajstić information content (AvgIpc) is 2.34. The van der Waals surface area contributed by atoms with Gasteiger partial charge in [-0.2, -0.15) is 0 Å². The molecule has 0 unspecified atom stereocenters. The maximum atomic E-state index is 12.1. The Bertz CT molecular complexity index is 436. The highest BCUT2D eigenvalue weighted by Crippen LogP contribution is 2.27. The van der Waals surface area contributed by atoms with Crippen molar-refractivity contribution >= 4 is 34.8 Å². The van der Waals surface area contributed by atoms with E-state index in [4.69, 9.17) is 23.2 Å². The number of pyridine rings is 1. The van der Waals surface area contributed by atoms with Gasteiger partial charge in [0.1, 0.15) is 5.15 Å². The van der Waals surface area contributed by atoms with Gasteiger partial charge in [-0.05, 0) is 37.9 Å². The van der Waals surface area contributed by atoms with E-state index in [9.17, 15) is 4.79 Å². The van der Waals surface area contributed by atoms with Gasteiger partial charge in [0.15, 0.2) is 5.15 Å². The van der Waals surface area contributed by atoms with Crippen LogP contribution in [0.3, 0.4) is 0 Å². The summed E-state index contributed by atoms with van der Waals surface area (Å²) in [4.78, 5) is 16.0. The Hall–Kier alpha value is -0.840. The number of carbonyl (C=O) groups excluding carboxylic acids is 1. The van der Waals surface area contributed by atoms with Crippen LogP contribution in [0.1, 0.15) is 18.4 Å². The molecule has 18 heavy (non-hydrogen) atoms. The lowest BCUT2D eigenvalue weighted by Crippen LogP contribution is -2.37. The van der Waals surface area contributed by atoms with Crippen LogP contribution in [0.5, 0.6) is 0 Å². The number of nitrogens with zero attached hydrogens (tertiary/aromatic N) is 1. The van der Waals surface area contributed by atoms with E-state index in [0.29, 0.717) is 17.4 Å². The first-order chi connectivity index (χ1) is 8.58. The minimum absolute atomic E-state index is 0.00936. The molecule has 0 spiro atoms. The third-order valence-corrected chi connectivity index (χ3v) is 3.52. The van der Waals surface area contributed by atoms with E-state index in [0.717, 1.165) is 24.9 Å². The second-order valence-corrected chi connectivity index (χ2v) is 5.21. The van der Waals surface area contributed by atoms with Gasteiger partial charge >= 0.3 is 0 Å². The fourth-order valence-corrected chi connectivity index (χ4v) is 2.63.